The van der Waals surface area contributed by atoms with Gasteiger partial charge < -0.3 is 24.6 Å². The molecule has 2 N–H and O–H groups in total. The second kappa shape index (κ2) is 8.39. The summed E-state index contributed by atoms with van der Waals surface area (Å²) in [4.78, 5) is 38.8. The largest absolute Gasteiger partial charge is 0.503 e. The Bertz CT molecular complexity index is 1020. The van der Waals surface area contributed by atoms with Crippen LogP contribution in [0.1, 0.15) is 26.4 Å². The van der Waals surface area contributed by atoms with Crippen molar-refractivity contribution in [3.8, 4) is 5.75 Å². The van der Waals surface area contributed by atoms with Gasteiger partial charge in [0, 0.05) is 51.1 Å². The van der Waals surface area contributed by atoms with Crippen LogP contribution in [0.3, 0.4) is 0 Å². The van der Waals surface area contributed by atoms with Crippen molar-refractivity contribution in [2.75, 3.05) is 26.8 Å². The van der Waals surface area contributed by atoms with Crippen LogP contribution in [0.15, 0.2) is 29.2 Å². The van der Waals surface area contributed by atoms with Crippen LogP contribution in [0.4, 0.5) is 8.78 Å². The Labute approximate surface area is 164 Å². The lowest BCUT2D eigenvalue weighted by molar-refractivity contribution is 0.0632. The SMILES string of the molecule is COCCN1CCn2cc(C(=O)NCc3ccc(F)cc3F)c(=O)c(O)c2C1=O. The molecule has 0 atom stereocenters. The number of carbonyl (C=O) groups excluding carboxylic acids is 2. The molecule has 0 aliphatic carbocycles. The summed E-state index contributed by atoms with van der Waals surface area (Å²) in [7, 11) is 1.49. The van der Waals surface area contributed by atoms with Gasteiger partial charge >= 0.3 is 0 Å². The summed E-state index contributed by atoms with van der Waals surface area (Å²) >= 11 is 0. The zero-order valence-electron chi connectivity index (χ0n) is 15.6. The van der Waals surface area contributed by atoms with Gasteiger partial charge in [0.2, 0.25) is 5.43 Å². The lowest BCUT2D eigenvalue weighted by atomic mass is 10.1. The van der Waals surface area contributed by atoms with E-state index < -0.39 is 34.6 Å². The average Bonchev–Trinajstić information content (AvgIpc) is 2.69. The van der Waals surface area contributed by atoms with Crippen LogP contribution in [-0.4, -0.2) is 53.2 Å². The smallest absolute Gasteiger partial charge is 0.274 e. The van der Waals surface area contributed by atoms with E-state index in [4.69, 9.17) is 4.74 Å². The molecule has 29 heavy (non-hydrogen) atoms. The van der Waals surface area contributed by atoms with E-state index in [1.54, 1.807) is 0 Å². The van der Waals surface area contributed by atoms with Crippen LogP contribution in [0.2, 0.25) is 0 Å². The van der Waals surface area contributed by atoms with Gasteiger partial charge in [0.05, 0.1) is 6.61 Å². The van der Waals surface area contributed by atoms with Gasteiger partial charge in [-0.2, -0.15) is 0 Å². The predicted molar refractivity (Wildman–Crippen MR) is 97.7 cm³/mol. The minimum Gasteiger partial charge on any atom is -0.503 e. The minimum atomic E-state index is -1.00. The molecule has 1 aromatic carbocycles. The number of halogens is 2. The summed E-state index contributed by atoms with van der Waals surface area (Å²) in [6.07, 6.45) is 1.19. The highest BCUT2D eigenvalue weighted by Crippen LogP contribution is 2.20. The first-order valence-electron chi connectivity index (χ1n) is 8.80. The van der Waals surface area contributed by atoms with Gasteiger partial charge in [-0.1, -0.05) is 6.07 Å². The second-order valence-electron chi connectivity index (χ2n) is 6.47. The fraction of sp³-hybridized carbons (Fsp3) is 0.316. The molecule has 2 amide bonds. The van der Waals surface area contributed by atoms with Crippen molar-refractivity contribution in [2.24, 2.45) is 0 Å². The molecule has 154 valence electrons. The zero-order chi connectivity index (χ0) is 21.1. The number of rotatable bonds is 6. The number of hydrogen-bond acceptors (Lipinski definition) is 5. The molecule has 0 unspecified atom stereocenters. The molecule has 10 heteroatoms. The lowest BCUT2D eigenvalue weighted by Gasteiger charge is -2.30. The number of methoxy groups -OCH3 is 1. The number of nitrogens with zero attached hydrogens (tertiary/aromatic N) is 2. The summed E-state index contributed by atoms with van der Waals surface area (Å²) in [5.74, 6) is -3.80. The molecule has 1 aliphatic heterocycles. The number of amides is 2. The van der Waals surface area contributed by atoms with Gasteiger partial charge in [-0.3, -0.25) is 14.4 Å². The fourth-order valence-corrected chi connectivity index (χ4v) is 3.04. The summed E-state index contributed by atoms with van der Waals surface area (Å²) in [6.45, 7) is 0.910. The first kappa shape index (κ1) is 20.5. The molecule has 2 aromatic rings. The third kappa shape index (κ3) is 4.11. The number of ether oxygens (including phenoxy) is 1. The molecule has 0 spiro atoms. The third-order valence-corrected chi connectivity index (χ3v) is 4.62. The number of nitrogens with one attached hydrogen (secondary N) is 1. The van der Waals surface area contributed by atoms with Crippen LogP contribution in [0.25, 0.3) is 0 Å². The Morgan fingerprint density at radius 3 is 2.72 bits per heavy atom. The number of aromatic hydroxyl groups is 1. The molecule has 0 fully saturated rings. The maximum atomic E-state index is 13.7. The van der Waals surface area contributed by atoms with E-state index >= 15 is 0 Å². The van der Waals surface area contributed by atoms with Gasteiger partial charge in [0.25, 0.3) is 11.8 Å². The van der Waals surface area contributed by atoms with Gasteiger partial charge in [0.15, 0.2) is 11.4 Å². The van der Waals surface area contributed by atoms with Crippen molar-refractivity contribution in [3.05, 3.63) is 63.1 Å². The molecule has 2 heterocycles. The van der Waals surface area contributed by atoms with Gasteiger partial charge in [-0.25, -0.2) is 8.78 Å². The van der Waals surface area contributed by atoms with Crippen molar-refractivity contribution >= 4 is 11.8 Å². The Morgan fingerprint density at radius 1 is 1.28 bits per heavy atom. The number of benzene rings is 1. The van der Waals surface area contributed by atoms with Crippen molar-refractivity contribution in [1.29, 1.82) is 0 Å². The topological polar surface area (TPSA) is 101 Å². The van der Waals surface area contributed by atoms with Gasteiger partial charge in [0.1, 0.15) is 17.2 Å². The Kier molecular flexibility index (Phi) is 5.92. The van der Waals surface area contributed by atoms with Gasteiger partial charge in [-0.15, -0.1) is 0 Å². The summed E-state index contributed by atoms with van der Waals surface area (Å²) in [6, 6.07) is 2.91. The third-order valence-electron chi connectivity index (χ3n) is 4.62. The zero-order valence-corrected chi connectivity index (χ0v) is 15.6. The second-order valence-corrected chi connectivity index (χ2v) is 6.47. The highest BCUT2D eigenvalue weighted by molar-refractivity contribution is 5.99. The number of carbonyl (C=O) groups is 2. The van der Waals surface area contributed by atoms with E-state index in [2.05, 4.69) is 5.32 Å². The summed E-state index contributed by atoms with van der Waals surface area (Å²) < 4.78 is 32.9. The van der Waals surface area contributed by atoms with E-state index in [1.807, 2.05) is 0 Å². The van der Waals surface area contributed by atoms with Crippen LogP contribution in [0.5, 0.6) is 5.75 Å². The standard InChI is InChI=1S/C19H19F2N3O5/c1-29-7-6-23-4-5-24-10-13(16(25)17(26)15(24)19(23)28)18(27)22-9-11-2-3-12(20)8-14(11)21/h2-3,8,10,26H,4-7,9H2,1H3,(H,22,27). The molecule has 0 radical (unpaired) electrons. The van der Waals surface area contributed by atoms with Crippen molar-refractivity contribution < 1.29 is 28.2 Å². The molecule has 0 bridgehead atoms. The Hall–Kier alpha value is -3.27. The number of hydrogen-bond donors (Lipinski definition) is 2. The monoisotopic (exact) mass is 407 g/mol. The van der Waals surface area contributed by atoms with E-state index in [1.165, 1.54) is 28.8 Å². The van der Waals surface area contributed by atoms with E-state index in [0.29, 0.717) is 25.8 Å². The molecular weight excluding hydrogens is 388 g/mol. The molecule has 3 rings (SSSR count). The lowest BCUT2D eigenvalue weighted by Crippen LogP contribution is -2.44. The van der Waals surface area contributed by atoms with Gasteiger partial charge in [-0.05, 0) is 6.07 Å². The quantitative estimate of drug-likeness (QED) is 0.740. The van der Waals surface area contributed by atoms with Crippen molar-refractivity contribution in [2.45, 2.75) is 13.1 Å². The van der Waals surface area contributed by atoms with Crippen LogP contribution < -0.4 is 10.7 Å². The molecule has 1 aliphatic rings. The predicted octanol–water partition coefficient (Wildman–Crippen LogP) is 0.864. The van der Waals surface area contributed by atoms with Crippen molar-refractivity contribution in [3.63, 3.8) is 0 Å². The molecule has 0 saturated carbocycles. The Morgan fingerprint density at radius 2 is 2.03 bits per heavy atom. The maximum absolute atomic E-state index is 13.7. The first-order valence-corrected chi connectivity index (χ1v) is 8.80. The number of pyridine rings is 1. The maximum Gasteiger partial charge on any atom is 0.274 e. The van der Waals surface area contributed by atoms with Crippen molar-refractivity contribution in [1.82, 2.24) is 14.8 Å². The Balaban J connectivity index is 1.82. The summed E-state index contributed by atoms with van der Waals surface area (Å²) in [5, 5.41) is 12.6. The molecular formula is C19H19F2N3O5. The summed E-state index contributed by atoms with van der Waals surface area (Å²) in [5.41, 5.74) is -1.55. The highest BCUT2D eigenvalue weighted by Gasteiger charge is 2.30. The van der Waals surface area contributed by atoms with Crippen LogP contribution in [-0.2, 0) is 17.8 Å². The van der Waals surface area contributed by atoms with E-state index in [-0.39, 0.29) is 29.9 Å². The molecule has 8 nitrogen and oxygen atoms in total. The number of fused-ring (bicyclic) bond motifs is 1. The average molecular weight is 407 g/mol. The molecule has 1 aromatic heterocycles. The number of aromatic nitrogens is 1. The normalized spacial score (nSPS) is 13.3. The first-order chi connectivity index (χ1) is 13.8. The van der Waals surface area contributed by atoms with Crippen LogP contribution in [0, 0.1) is 11.6 Å². The highest BCUT2D eigenvalue weighted by atomic mass is 19.1. The van der Waals surface area contributed by atoms with Crippen LogP contribution >= 0.6 is 0 Å². The minimum absolute atomic E-state index is 0.0333. The van der Waals surface area contributed by atoms with E-state index in [0.717, 1.165) is 6.07 Å². The molecule has 0 saturated heterocycles. The fourth-order valence-electron chi connectivity index (χ4n) is 3.04. The van der Waals surface area contributed by atoms with E-state index in [9.17, 15) is 28.3 Å².